The second-order valence-electron chi connectivity index (χ2n) is 6.16. The van der Waals surface area contributed by atoms with E-state index >= 15 is 0 Å². The molecule has 0 amide bonds. The standard InChI is InChI=1S/C16H24N2O/c1-16(17-2)7-9-18(10-8-16)11-13-12-19-15-6-4-3-5-14(13)15/h3-6,13,17H,7-12H2,1-2H3. The van der Waals surface area contributed by atoms with Crippen molar-refractivity contribution in [3.63, 3.8) is 0 Å². The maximum Gasteiger partial charge on any atom is 0.122 e. The van der Waals surface area contributed by atoms with Gasteiger partial charge in [-0.05, 0) is 46.0 Å². The van der Waals surface area contributed by atoms with Gasteiger partial charge in [0.05, 0.1) is 6.61 Å². The largest absolute Gasteiger partial charge is 0.493 e. The Morgan fingerprint density at radius 2 is 2.05 bits per heavy atom. The number of rotatable bonds is 3. The number of benzene rings is 1. The summed E-state index contributed by atoms with van der Waals surface area (Å²) in [7, 11) is 2.08. The maximum atomic E-state index is 5.78. The molecule has 1 aromatic rings. The lowest BCUT2D eigenvalue weighted by Gasteiger charge is -2.40. The molecule has 1 unspecified atom stereocenters. The summed E-state index contributed by atoms with van der Waals surface area (Å²) in [6.07, 6.45) is 2.47. The SMILES string of the molecule is CNC1(C)CCN(CC2COc3ccccc32)CC1. The van der Waals surface area contributed by atoms with Crippen LogP contribution in [0.2, 0.25) is 0 Å². The summed E-state index contributed by atoms with van der Waals surface area (Å²) < 4.78 is 5.78. The summed E-state index contributed by atoms with van der Waals surface area (Å²) in [5.74, 6) is 1.64. The summed E-state index contributed by atoms with van der Waals surface area (Å²) >= 11 is 0. The molecule has 1 aromatic carbocycles. The zero-order valence-electron chi connectivity index (χ0n) is 12.0. The van der Waals surface area contributed by atoms with Crippen LogP contribution in [0.15, 0.2) is 24.3 Å². The second kappa shape index (κ2) is 5.14. The fourth-order valence-electron chi connectivity index (χ4n) is 3.17. The van der Waals surface area contributed by atoms with Gasteiger partial charge < -0.3 is 15.0 Å². The molecule has 3 heteroatoms. The van der Waals surface area contributed by atoms with Gasteiger partial charge >= 0.3 is 0 Å². The molecule has 0 aliphatic carbocycles. The lowest BCUT2D eigenvalue weighted by molar-refractivity contribution is 0.140. The third-order valence-corrected chi connectivity index (χ3v) is 4.84. The molecule has 1 atom stereocenters. The van der Waals surface area contributed by atoms with E-state index in [2.05, 4.69) is 48.5 Å². The predicted molar refractivity (Wildman–Crippen MR) is 77.8 cm³/mol. The number of ether oxygens (including phenoxy) is 1. The van der Waals surface area contributed by atoms with E-state index in [-0.39, 0.29) is 0 Å². The number of nitrogens with one attached hydrogen (secondary N) is 1. The van der Waals surface area contributed by atoms with Crippen molar-refractivity contribution in [2.45, 2.75) is 31.2 Å². The first-order valence-electron chi connectivity index (χ1n) is 7.33. The van der Waals surface area contributed by atoms with E-state index in [9.17, 15) is 0 Å². The Morgan fingerprint density at radius 1 is 1.32 bits per heavy atom. The lowest BCUT2D eigenvalue weighted by Crippen LogP contribution is -2.50. The van der Waals surface area contributed by atoms with Gasteiger partial charge in [0, 0.05) is 23.6 Å². The molecule has 0 aromatic heterocycles. The normalized spacial score (nSPS) is 25.9. The number of hydrogen-bond donors (Lipinski definition) is 1. The van der Waals surface area contributed by atoms with Gasteiger partial charge in [0.2, 0.25) is 0 Å². The van der Waals surface area contributed by atoms with Crippen molar-refractivity contribution in [2.24, 2.45) is 0 Å². The fourth-order valence-corrected chi connectivity index (χ4v) is 3.17. The number of likely N-dealkylation sites (tertiary alicyclic amines) is 1. The minimum atomic E-state index is 0.334. The maximum absolute atomic E-state index is 5.78. The quantitative estimate of drug-likeness (QED) is 0.902. The molecule has 3 rings (SSSR count). The van der Waals surface area contributed by atoms with E-state index in [4.69, 9.17) is 4.74 Å². The molecule has 104 valence electrons. The van der Waals surface area contributed by atoms with Crippen LogP contribution in [0.5, 0.6) is 5.75 Å². The summed E-state index contributed by atoms with van der Waals surface area (Å²) in [6, 6.07) is 8.48. The molecule has 1 saturated heterocycles. The summed E-state index contributed by atoms with van der Waals surface area (Å²) in [5, 5.41) is 3.46. The summed E-state index contributed by atoms with van der Waals surface area (Å²) in [6.45, 7) is 6.69. The highest BCUT2D eigenvalue weighted by molar-refractivity contribution is 5.39. The van der Waals surface area contributed by atoms with Crippen molar-refractivity contribution in [3.05, 3.63) is 29.8 Å². The molecule has 3 nitrogen and oxygen atoms in total. The first kappa shape index (κ1) is 12.9. The van der Waals surface area contributed by atoms with Crippen molar-refractivity contribution < 1.29 is 4.74 Å². The van der Waals surface area contributed by atoms with Gasteiger partial charge in [-0.3, -0.25) is 0 Å². The lowest BCUT2D eigenvalue weighted by atomic mass is 9.89. The Kier molecular flexibility index (Phi) is 3.50. The molecule has 1 N–H and O–H groups in total. The Morgan fingerprint density at radius 3 is 2.79 bits per heavy atom. The van der Waals surface area contributed by atoms with Crippen molar-refractivity contribution >= 4 is 0 Å². The van der Waals surface area contributed by atoms with Gasteiger partial charge in [-0.2, -0.15) is 0 Å². The monoisotopic (exact) mass is 260 g/mol. The molecule has 1 fully saturated rings. The van der Waals surface area contributed by atoms with Gasteiger partial charge in [-0.15, -0.1) is 0 Å². The highest BCUT2D eigenvalue weighted by Gasteiger charge is 2.31. The van der Waals surface area contributed by atoms with E-state index in [1.54, 1.807) is 0 Å². The van der Waals surface area contributed by atoms with E-state index in [0.717, 1.165) is 18.9 Å². The van der Waals surface area contributed by atoms with E-state index in [1.165, 1.54) is 31.5 Å². The minimum Gasteiger partial charge on any atom is -0.493 e. The summed E-state index contributed by atoms with van der Waals surface area (Å²) in [5.41, 5.74) is 1.73. The number of piperidine rings is 1. The Labute approximate surface area is 115 Å². The smallest absolute Gasteiger partial charge is 0.122 e. The van der Waals surface area contributed by atoms with Crippen LogP contribution in [0.4, 0.5) is 0 Å². The average Bonchev–Trinajstić information content (AvgIpc) is 2.85. The van der Waals surface area contributed by atoms with Crippen LogP contribution in [0.1, 0.15) is 31.2 Å². The molecule has 2 heterocycles. The van der Waals surface area contributed by atoms with Crippen molar-refractivity contribution in [3.8, 4) is 5.75 Å². The first-order valence-corrected chi connectivity index (χ1v) is 7.33. The molecule has 0 radical (unpaired) electrons. The molecular formula is C16H24N2O. The highest BCUT2D eigenvalue weighted by atomic mass is 16.5. The van der Waals surface area contributed by atoms with Crippen molar-refractivity contribution in [1.82, 2.24) is 10.2 Å². The Hall–Kier alpha value is -1.06. The second-order valence-corrected chi connectivity index (χ2v) is 6.16. The van der Waals surface area contributed by atoms with Gasteiger partial charge in [-0.1, -0.05) is 18.2 Å². The van der Waals surface area contributed by atoms with E-state index in [1.807, 2.05) is 0 Å². The van der Waals surface area contributed by atoms with Gasteiger partial charge in [0.25, 0.3) is 0 Å². The van der Waals surface area contributed by atoms with Crippen molar-refractivity contribution in [2.75, 3.05) is 33.3 Å². The number of nitrogens with zero attached hydrogens (tertiary/aromatic N) is 1. The van der Waals surface area contributed by atoms with Gasteiger partial charge in [0.1, 0.15) is 5.75 Å². The highest BCUT2D eigenvalue weighted by Crippen LogP contribution is 2.34. The Balaban J connectivity index is 1.59. The summed E-state index contributed by atoms with van der Waals surface area (Å²) in [4.78, 5) is 2.59. The molecule has 0 spiro atoms. The predicted octanol–water partition coefficient (Wildman–Crippen LogP) is 2.24. The van der Waals surface area contributed by atoms with Crippen LogP contribution in [-0.2, 0) is 0 Å². The van der Waals surface area contributed by atoms with Gasteiger partial charge in [-0.25, -0.2) is 0 Å². The van der Waals surface area contributed by atoms with Crippen LogP contribution in [0.3, 0.4) is 0 Å². The van der Waals surface area contributed by atoms with E-state index < -0.39 is 0 Å². The molecule has 0 saturated carbocycles. The number of hydrogen-bond acceptors (Lipinski definition) is 3. The van der Waals surface area contributed by atoms with Crippen LogP contribution >= 0.6 is 0 Å². The zero-order chi connectivity index (χ0) is 13.3. The Bertz CT molecular complexity index is 438. The minimum absolute atomic E-state index is 0.334. The topological polar surface area (TPSA) is 24.5 Å². The zero-order valence-corrected chi connectivity index (χ0v) is 12.0. The molecule has 2 aliphatic rings. The molecule has 2 aliphatic heterocycles. The van der Waals surface area contributed by atoms with Crippen LogP contribution in [-0.4, -0.2) is 43.7 Å². The van der Waals surface area contributed by atoms with Crippen LogP contribution < -0.4 is 10.1 Å². The van der Waals surface area contributed by atoms with Gasteiger partial charge in [0.15, 0.2) is 0 Å². The third kappa shape index (κ3) is 2.63. The van der Waals surface area contributed by atoms with Crippen molar-refractivity contribution in [1.29, 1.82) is 0 Å². The number of para-hydroxylation sites is 1. The number of fused-ring (bicyclic) bond motifs is 1. The van der Waals surface area contributed by atoms with Crippen LogP contribution in [0.25, 0.3) is 0 Å². The molecule has 0 bridgehead atoms. The van der Waals surface area contributed by atoms with Crippen LogP contribution in [0, 0.1) is 0 Å². The van der Waals surface area contributed by atoms with E-state index in [0.29, 0.717) is 11.5 Å². The fraction of sp³-hybridized carbons (Fsp3) is 0.625. The third-order valence-electron chi connectivity index (χ3n) is 4.84. The first-order chi connectivity index (χ1) is 9.20. The molecule has 19 heavy (non-hydrogen) atoms. The molecular weight excluding hydrogens is 236 g/mol. The average molecular weight is 260 g/mol.